The fraction of sp³-hybridized carbons (Fsp3) is 0.467. The van der Waals surface area contributed by atoms with Gasteiger partial charge in [0.1, 0.15) is 0 Å². The minimum atomic E-state index is -0.129. The maximum Gasteiger partial charge on any atom is 0.228 e. The highest BCUT2D eigenvalue weighted by Gasteiger charge is 2.31. The molecule has 0 spiro atoms. The minimum absolute atomic E-state index is 0.129. The van der Waals surface area contributed by atoms with Gasteiger partial charge in [0.2, 0.25) is 5.89 Å². The van der Waals surface area contributed by atoms with Crippen LogP contribution in [0.4, 0.5) is 0 Å². The Hall–Kier alpha value is -1.33. The molecule has 1 aromatic carbocycles. The molecule has 2 N–H and O–H groups in total. The second-order valence-electron chi connectivity index (χ2n) is 5.45. The molecule has 3 rings (SSSR count). The van der Waals surface area contributed by atoms with E-state index in [-0.39, 0.29) is 5.54 Å². The molecule has 0 bridgehead atoms. The molecule has 0 unspecified atom stereocenters. The first-order valence-electron chi connectivity index (χ1n) is 7.02. The van der Waals surface area contributed by atoms with Gasteiger partial charge in [-0.25, -0.2) is 0 Å². The van der Waals surface area contributed by atoms with Crippen molar-refractivity contribution in [1.29, 1.82) is 0 Å². The average molecular weight is 289 g/mol. The smallest absolute Gasteiger partial charge is 0.228 e. The molecule has 2 aromatic rings. The first kappa shape index (κ1) is 13.6. The third-order valence-electron chi connectivity index (χ3n) is 3.72. The molecule has 1 aliphatic rings. The summed E-state index contributed by atoms with van der Waals surface area (Å²) in [5.41, 5.74) is 6.20. The monoisotopic (exact) mass is 289 g/mol. The Morgan fingerprint density at radius 3 is 2.70 bits per heavy atom. The van der Waals surface area contributed by atoms with Gasteiger partial charge in [0, 0.05) is 16.9 Å². The van der Waals surface area contributed by atoms with Crippen molar-refractivity contribution in [2.75, 3.05) is 0 Å². The predicted molar refractivity (Wildman–Crippen MR) is 79.4 cm³/mol. The lowest BCUT2D eigenvalue weighted by Gasteiger charge is -2.20. The summed E-state index contributed by atoms with van der Waals surface area (Å²) < 4.78 is 5.33. The average Bonchev–Trinajstić information content (AvgIpc) is 3.07. The van der Waals surface area contributed by atoms with Crippen LogP contribution in [0.2, 0.25) is 0 Å². The first-order chi connectivity index (χ1) is 9.73. The van der Waals surface area contributed by atoms with E-state index in [1.54, 1.807) is 11.8 Å². The van der Waals surface area contributed by atoms with Crippen molar-refractivity contribution < 1.29 is 4.52 Å². The second-order valence-corrected chi connectivity index (χ2v) is 6.50. The van der Waals surface area contributed by atoms with Crippen molar-refractivity contribution in [3.05, 3.63) is 42.0 Å². The Kier molecular flexibility index (Phi) is 4.08. The van der Waals surface area contributed by atoms with E-state index in [9.17, 15) is 0 Å². The topological polar surface area (TPSA) is 64.9 Å². The molecule has 106 valence electrons. The van der Waals surface area contributed by atoms with E-state index in [0.717, 1.165) is 24.4 Å². The zero-order valence-corrected chi connectivity index (χ0v) is 12.2. The van der Waals surface area contributed by atoms with Gasteiger partial charge in [0.25, 0.3) is 0 Å². The van der Waals surface area contributed by atoms with Crippen molar-refractivity contribution in [2.24, 2.45) is 5.73 Å². The highest BCUT2D eigenvalue weighted by molar-refractivity contribution is 7.98. The maximum absolute atomic E-state index is 6.33. The van der Waals surface area contributed by atoms with E-state index in [2.05, 4.69) is 22.3 Å². The van der Waals surface area contributed by atoms with Gasteiger partial charge in [-0.15, -0.1) is 11.8 Å². The molecule has 0 atom stereocenters. The van der Waals surface area contributed by atoms with E-state index in [1.807, 2.05) is 18.2 Å². The summed E-state index contributed by atoms with van der Waals surface area (Å²) in [4.78, 5) is 5.67. The molecule has 1 saturated carbocycles. The van der Waals surface area contributed by atoms with Crippen LogP contribution in [0, 0.1) is 0 Å². The number of thioether (sulfide) groups is 1. The lowest BCUT2D eigenvalue weighted by Crippen LogP contribution is -2.38. The van der Waals surface area contributed by atoms with Crippen molar-refractivity contribution in [2.45, 2.75) is 48.3 Å². The predicted octanol–water partition coefficient (Wildman–Crippen LogP) is 3.18. The van der Waals surface area contributed by atoms with E-state index in [1.165, 1.54) is 17.7 Å². The van der Waals surface area contributed by atoms with Gasteiger partial charge >= 0.3 is 0 Å². The van der Waals surface area contributed by atoms with Crippen LogP contribution in [0.5, 0.6) is 0 Å². The molecule has 1 fully saturated rings. The summed E-state index contributed by atoms with van der Waals surface area (Å²) in [6, 6.07) is 10.2. The Morgan fingerprint density at radius 1 is 1.20 bits per heavy atom. The van der Waals surface area contributed by atoms with E-state index < -0.39 is 0 Å². The fourth-order valence-corrected chi connectivity index (χ4v) is 3.40. The van der Waals surface area contributed by atoms with Crippen LogP contribution in [0.3, 0.4) is 0 Å². The highest BCUT2D eigenvalue weighted by atomic mass is 32.2. The van der Waals surface area contributed by atoms with Crippen LogP contribution >= 0.6 is 11.8 Å². The third-order valence-corrected chi connectivity index (χ3v) is 4.73. The molecule has 0 amide bonds. The molecule has 0 radical (unpaired) electrons. The lowest BCUT2D eigenvalue weighted by atomic mass is 9.95. The summed E-state index contributed by atoms with van der Waals surface area (Å²) >= 11 is 1.71. The minimum Gasteiger partial charge on any atom is -0.339 e. The van der Waals surface area contributed by atoms with Crippen LogP contribution in [-0.4, -0.2) is 15.7 Å². The van der Waals surface area contributed by atoms with Crippen molar-refractivity contribution >= 4 is 11.8 Å². The van der Waals surface area contributed by atoms with Gasteiger partial charge in [-0.1, -0.05) is 36.2 Å². The highest BCUT2D eigenvalue weighted by Crippen LogP contribution is 2.30. The molecule has 4 nitrogen and oxygen atoms in total. The fourth-order valence-electron chi connectivity index (χ4n) is 2.64. The largest absolute Gasteiger partial charge is 0.339 e. The molecule has 1 heterocycles. The van der Waals surface area contributed by atoms with E-state index in [0.29, 0.717) is 12.3 Å². The standard InChI is InChI=1S/C15H19N3OS/c16-15(8-4-5-9-15)10-14-17-13(18-19-14)11-20-12-6-2-1-3-7-12/h1-3,6-7H,4-5,8-11,16H2. The maximum atomic E-state index is 6.33. The van der Waals surface area contributed by atoms with Crippen LogP contribution in [0.25, 0.3) is 0 Å². The van der Waals surface area contributed by atoms with Crippen molar-refractivity contribution in [1.82, 2.24) is 10.1 Å². The quantitative estimate of drug-likeness (QED) is 0.856. The van der Waals surface area contributed by atoms with Crippen LogP contribution in [0.15, 0.2) is 39.8 Å². The van der Waals surface area contributed by atoms with Crippen molar-refractivity contribution in [3.63, 3.8) is 0 Å². The first-order valence-corrected chi connectivity index (χ1v) is 8.00. The van der Waals surface area contributed by atoms with E-state index in [4.69, 9.17) is 10.3 Å². The Morgan fingerprint density at radius 2 is 1.95 bits per heavy atom. The molecule has 20 heavy (non-hydrogen) atoms. The van der Waals surface area contributed by atoms with Gasteiger partial charge in [0.05, 0.1) is 5.75 Å². The molecule has 5 heteroatoms. The SMILES string of the molecule is NC1(Cc2nc(CSc3ccccc3)no2)CCCC1. The van der Waals surface area contributed by atoms with Crippen LogP contribution in [0.1, 0.15) is 37.4 Å². The van der Waals surface area contributed by atoms with Gasteiger partial charge in [-0.2, -0.15) is 4.98 Å². The summed E-state index contributed by atoms with van der Waals surface area (Å²) in [6.45, 7) is 0. The molecule has 0 saturated heterocycles. The van der Waals surface area contributed by atoms with Crippen LogP contribution < -0.4 is 5.73 Å². The normalized spacial score (nSPS) is 17.4. The Balaban J connectivity index is 1.57. The van der Waals surface area contributed by atoms with Crippen molar-refractivity contribution in [3.8, 4) is 0 Å². The lowest BCUT2D eigenvalue weighted by molar-refractivity contribution is 0.327. The van der Waals surface area contributed by atoms with E-state index >= 15 is 0 Å². The second kappa shape index (κ2) is 5.97. The number of nitrogens with two attached hydrogens (primary N) is 1. The van der Waals surface area contributed by atoms with Gasteiger partial charge in [-0.3, -0.25) is 0 Å². The third kappa shape index (κ3) is 3.41. The van der Waals surface area contributed by atoms with Crippen LogP contribution in [-0.2, 0) is 12.2 Å². The summed E-state index contributed by atoms with van der Waals surface area (Å²) in [7, 11) is 0. The molecule has 0 aliphatic heterocycles. The summed E-state index contributed by atoms with van der Waals surface area (Å²) in [5, 5.41) is 4.04. The Labute approximate surface area is 123 Å². The van der Waals surface area contributed by atoms with Gasteiger partial charge in [0.15, 0.2) is 5.82 Å². The molecular weight excluding hydrogens is 270 g/mol. The number of benzene rings is 1. The zero-order chi connectivity index (χ0) is 13.8. The summed E-state index contributed by atoms with van der Waals surface area (Å²) in [6.07, 6.45) is 5.24. The van der Waals surface area contributed by atoms with Gasteiger partial charge < -0.3 is 10.3 Å². The number of rotatable bonds is 5. The number of nitrogens with zero attached hydrogens (tertiary/aromatic N) is 2. The Bertz CT molecular complexity index is 549. The number of hydrogen-bond acceptors (Lipinski definition) is 5. The zero-order valence-electron chi connectivity index (χ0n) is 11.4. The molecule has 1 aliphatic carbocycles. The number of aromatic nitrogens is 2. The summed E-state index contributed by atoms with van der Waals surface area (Å²) in [5.74, 6) is 2.15. The van der Waals surface area contributed by atoms with Gasteiger partial charge in [-0.05, 0) is 25.0 Å². The molecular formula is C15H19N3OS. The number of hydrogen-bond donors (Lipinski definition) is 1. The molecule has 1 aromatic heterocycles.